The van der Waals surface area contributed by atoms with E-state index in [1.165, 1.54) is 20.1 Å². The van der Waals surface area contributed by atoms with Gasteiger partial charge in [0.05, 0.1) is 12.0 Å². The minimum atomic E-state index is -3.57. The fourth-order valence-corrected chi connectivity index (χ4v) is 2.81. The van der Waals surface area contributed by atoms with Crippen molar-refractivity contribution in [3.63, 3.8) is 0 Å². The lowest BCUT2D eigenvalue weighted by Crippen LogP contribution is -2.33. The second-order valence-corrected chi connectivity index (χ2v) is 5.75. The first-order chi connectivity index (χ1) is 8.86. The minimum Gasteiger partial charge on any atom is -0.497 e. The minimum absolute atomic E-state index is 0.146. The Labute approximate surface area is 113 Å². The highest BCUT2D eigenvalue weighted by molar-refractivity contribution is 7.89. The summed E-state index contributed by atoms with van der Waals surface area (Å²) in [4.78, 5) is 10.9. The largest absolute Gasteiger partial charge is 0.497 e. The zero-order valence-corrected chi connectivity index (χ0v) is 12.0. The van der Waals surface area contributed by atoms with Gasteiger partial charge in [-0.05, 0) is 30.7 Å². The van der Waals surface area contributed by atoms with Gasteiger partial charge in [0.2, 0.25) is 15.9 Å². The van der Waals surface area contributed by atoms with Gasteiger partial charge in [-0.15, -0.1) is 0 Å². The molecule has 106 valence electrons. The van der Waals surface area contributed by atoms with E-state index in [9.17, 15) is 13.2 Å². The number of methoxy groups -OCH3 is 1. The third kappa shape index (κ3) is 4.53. The topological polar surface area (TPSA) is 84.5 Å². The van der Waals surface area contributed by atoms with Gasteiger partial charge in [-0.3, -0.25) is 4.79 Å². The summed E-state index contributed by atoms with van der Waals surface area (Å²) in [5.41, 5.74) is 0.603. The third-order valence-corrected chi connectivity index (χ3v) is 4.08. The molecule has 0 aromatic heterocycles. The molecule has 0 aliphatic rings. The van der Waals surface area contributed by atoms with Crippen molar-refractivity contribution >= 4 is 15.9 Å². The smallest absolute Gasteiger partial charge is 0.240 e. The van der Waals surface area contributed by atoms with Crippen LogP contribution in [0.25, 0.3) is 0 Å². The molecule has 0 spiro atoms. The number of amides is 1. The van der Waals surface area contributed by atoms with Crippen LogP contribution >= 0.6 is 0 Å². The molecule has 0 unspecified atom stereocenters. The molecular formula is C12H18N2O4S. The van der Waals surface area contributed by atoms with E-state index in [1.807, 2.05) is 0 Å². The summed E-state index contributed by atoms with van der Waals surface area (Å²) in [7, 11) is -2.05. The van der Waals surface area contributed by atoms with Crippen LogP contribution in [-0.4, -0.2) is 34.5 Å². The van der Waals surface area contributed by atoms with Crippen molar-refractivity contribution < 1.29 is 17.9 Å². The Kier molecular flexibility index (Phi) is 5.31. The zero-order chi connectivity index (χ0) is 14.5. The molecule has 0 fully saturated rings. The van der Waals surface area contributed by atoms with Gasteiger partial charge in [0.15, 0.2) is 0 Å². The molecule has 7 heteroatoms. The zero-order valence-electron chi connectivity index (χ0n) is 11.2. The summed E-state index contributed by atoms with van der Waals surface area (Å²) < 4.78 is 31.5. The standard InChI is InChI=1S/C12H18N2O4S/c1-9-8-11(18-3)4-5-12(9)19(16,17)14-7-6-13-10(2)15/h4-5,8,14H,6-7H2,1-3H3,(H,13,15). The maximum absolute atomic E-state index is 12.0. The molecule has 0 saturated heterocycles. The van der Waals surface area contributed by atoms with Gasteiger partial charge in [0.25, 0.3) is 0 Å². The predicted octanol–water partition coefficient (Wildman–Crippen LogP) is 0.418. The maximum atomic E-state index is 12.0. The first kappa shape index (κ1) is 15.5. The van der Waals surface area contributed by atoms with Gasteiger partial charge >= 0.3 is 0 Å². The normalized spacial score (nSPS) is 11.1. The van der Waals surface area contributed by atoms with E-state index < -0.39 is 10.0 Å². The maximum Gasteiger partial charge on any atom is 0.240 e. The SMILES string of the molecule is COc1ccc(S(=O)(=O)NCCNC(C)=O)c(C)c1. The summed E-state index contributed by atoms with van der Waals surface area (Å²) >= 11 is 0. The predicted molar refractivity (Wildman–Crippen MR) is 71.6 cm³/mol. The van der Waals surface area contributed by atoms with Crippen LogP contribution in [0, 0.1) is 6.92 Å². The molecule has 0 aliphatic heterocycles. The fourth-order valence-electron chi connectivity index (χ4n) is 1.55. The summed E-state index contributed by atoms with van der Waals surface area (Å²) in [5, 5.41) is 2.52. The van der Waals surface area contributed by atoms with Crippen LogP contribution in [0.4, 0.5) is 0 Å². The van der Waals surface area contributed by atoms with Crippen LogP contribution in [0.2, 0.25) is 0 Å². The Bertz CT molecular complexity index is 555. The molecule has 0 saturated carbocycles. The van der Waals surface area contributed by atoms with Crippen molar-refractivity contribution in [3.05, 3.63) is 23.8 Å². The third-order valence-electron chi connectivity index (χ3n) is 2.46. The summed E-state index contributed by atoms with van der Waals surface area (Å²) in [5.74, 6) is 0.412. The first-order valence-corrected chi connectivity index (χ1v) is 7.24. The Morgan fingerprint density at radius 1 is 1.32 bits per heavy atom. The Morgan fingerprint density at radius 3 is 2.53 bits per heavy atom. The van der Waals surface area contributed by atoms with Crippen LogP contribution in [0.5, 0.6) is 5.75 Å². The molecule has 0 radical (unpaired) electrons. The van der Waals surface area contributed by atoms with Gasteiger partial charge in [-0.25, -0.2) is 13.1 Å². The molecule has 1 rings (SSSR count). The number of sulfonamides is 1. The highest BCUT2D eigenvalue weighted by Gasteiger charge is 2.16. The number of benzene rings is 1. The fraction of sp³-hybridized carbons (Fsp3) is 0.417. The highest BCUT2D eigenvalue weighted by Crippen LogP contribution is 2.20. The van der Waals surface area contributed by atoms with E-state index in [-0.39, 0.29) is 23.9 Å². The molecule has 0 aliphatic carbocycles. The monoisotopic (exact) mass is 286 g/mol. The quantitative estimate of drug-likeness (QED) is 0.742. The molecule has 1 amide bonds. The van der Waals surface area contributed by atoms with E-state index in [0.717, 1.165) is 0 Å². The number of rotatable bonds is 6. The molecular weight excluding hydrogens is 268 g/mol. The lowest BCUT2D eigenvalue weighted by Gasteiger charge is -2.10. The van der Waals surface area contributed by atoms with E-state index in [2.05, 4.69) is 10.0 Å². The molecule has 1 aromatic carbocycles. The molecule has 19 heavy (non-hydrogen) atoms. The first-order valence-electron chi connectivity index (χ1n) is 5.75. The second kappa shape index (κ2) is 6.53. The van der Waals surface area contributed by atoms with E-state index in [0.29, 0.717) is 11.3 Å². The number of carbonyl (C=O) groups is 1. The molecule has 2 N–H and O–H groups in total. The van der Waals surface area contributed by atoms with Gasteiger partial charge in [-0.2, -0.15) is 0 Å². The van der Waals surface area contributed by atoms with E-state index in [1.54, 1.807) is 19.1 Å². The Balaban J connectivity index is 2.74. The van der Waals surface area contributed by atoms with Crippen LogP contribution in [0.15, 0.2) is 23.1 Å². The van der Waals surface area contributed by atoms with E-state index in [4.69, 9.17) is 4.74 Å². The summed E-state index contributed by atoms with van der Waals surface area (Å²) in [6, 6.07) is 4.74. The number of hydrogen-bond donors (Lipinski definition) is 2. The summed E-state index contributed by atoms with van der Waals surface area (Å²) in [6.45, 7) is 3.48. The lowest BCUT2D eigenvalue weighted by atomic mass is 10.2. The van der Waals surface area contributed by atoms with Crippen LogP contribution in [0.3, 0.4) is 0 Å². The molecule has 1 aromatic rings. The van der Waals surface area contributed by atoms with E-state index >= 15 is 0 Å². The van der Waals surface area contributed by atoms with Crippen molar-refractivity contribution in [2.45, 2.75) is 18.7 Å². The number of hydrogen-bond acceptors (Lipinski definition) is 4. The number of ether oxygens (including phenoxy) is 1. The molecule has 0 bridgehead atoms. The molecule has 0 atom stereocenters. The Morgan fingerprint density at radius 2 is 2.00 bits per heavy atom. The Hall–Kier alpha value is -1.60. The van der Waals surface area contributed by atoms with Gasteiger partial charge < -0.3 is 10.1 Å². The second-order valence-electron chi connectivity index (χ2n) is 4.01. The van der Waals surface area contributed by atoms with Crippen molar-refractivity contribution in [1.82, 2.24) is 10.0 Å². The van der Waals surface area contributed by atoms with Gasteiger partial charge in [0.1, 0.15) is 5.75 Å². The van der Waals surface area contributed by atoms with Crippen molar-refractivity contribution in [1.29, 1.82) is 0 Å². The van der Waals surface area contributed by atoms with Gasteiger partial charge in [0, 0.05) is 20.0 Å². The average Bonchev–Trinajstić information content (AvgIpc) is 2.34. The van der Waals surface area contributed by atoms with Crippen molar-refractivity contribution in [3.8, 4) is 5.75 Å². The van der Waals surface area contributed by atoms with Crippen molar-refractivity contribution in [2.24, 2.45) is 0 Å². The molecule has 0 heterocycles. The lowest BCUT2D eigenvalue weighted by molar-refractivity contribution is -0.118. The number of carbonyl (C=O) groups excluding carboxylic acids is 1. The number of aryl methyl sites for hydroxylation is 1. The average molecular weight is 286 g/mol. The van der Waals surface area contributed by atoms with Crippen LogP contribution < -0.4 is 14.8 Å². The highest BCUT2D eigenvalue weighted by atomic mass is 32.2. The van der Waals surface area contributed by atoms with Crippen LogP contribution in [-0.2, 0) is 14.8 Å². The summed E-state index contributed by atoms with van der Waals surface area (Å²) in [6.07, 6.45) is 0. The van der Waals surface area contributed by atoms with Crippen LogP contribution in [0.1, 0.15) is 12.5 Å². The van der Waals surface area contributed by atoms with Gasteiger partial charge in [-0.1, -0.05) is 0 Å². The number of nitrogens with one attached hydrogen (secondary N) is 2. The van der Waals surface area contributed by atoms with Crippen molar-refractivity contribution in [2.75, 3.05) is 20.2 Å². The molecule has 6 nitrogen and oxygen atoms in total.